The molecule has 0 aliphatic rings. The quantitative estimate of drug-likeness (QED) is 0.204. The predicted octanol–water partition coefficient (Wildman–Crippen LogP) is 7.28. The molecule has 0 aromatic heterocycles. The minimum absolute atomic E-state index is 0.0152. The third kappa shape index (κ3) is 12.9. The summed E-state index contributed by atoms with van der Waals surface area (Å²) in [5.41, 5.74) is -0.0152. The van der Waals surface area contributed by atoms with Gasteiger partial charge in [0.05, 0.1) is 18.5 Å². The molecule has 0 radical (unpaired) electrons. The van der Waals surface area contributed by atoms with Crippen LogP contribution in [-0.4, -0.2) is 18.8 Å². The summed E-state index contributed by atoms with van der Waals surface area (Å²) >= 11 is 0. The summed E-state index contributed by atoms with van der Waals surface area (Å²) in [6.07, 6.45) is 17.9. The number of ether oxygens (including phenoxy) is 2. The highest BCUT2D eigenvalue weighted by molar-refractivity contribution is 4.80. The zero-order valence-electron chi connectivity index (χ0n) is 17.2. The number of hydrogen-bond acceptors (Lipinski definition) is 2. The standard InChI is InChI=1S/C22H44O2/c1-6-9-11-12-13-14-16-21(22(4,5)24-18-8-3)17-15-20-23-19-10-7-2/h10,19,21H,6-9,11-18,20H2,1-5H3. The van der Waals surface area contributed by atoms with Gasteiger partial charge in [0.1, 0.15) is 0 Å². The van der Waals surface area contributed by atoms with Crippen molar-refractivity contribution in [3.63, 3.8) is 0 Å². The van der Waals surface area contributed by atoms with Crippen LogP contribution in [0.2, 0.25) is 0 Å². The van der Waals surface area contributed by atoms with E-state index in [9.17, 15) is 0 Å². The lowest BCUT2D eigenvalue weighted by Gasteiger charge is -2.35. The number of hydrogen-bond donors (Lipinski definition) is 0. The monoisotopic (exact) mass is 340 g/mol. The van der Waals surface area contributed by atoms with E-state index in [0.717, 1.165) is 32.5 Å². The fraction of sp³-hybridized carbons (Fsp3) is 0.909. The minimum Gasteiger partial charge on any atom is -0.502 e. The van der Waals surface area contributed by atoms with Crippen molar-refractivity contribution in [2.45, 2.75) is 111 Å². The van der Waals surface area contributed by atoms with Gasteiger partial charge in [-0.15, -0.1) is 0 Å². The van der Waals surface area contributed by atoms with E-state index in [-0.39, 0.29) is 5.60 Å². The van der Waals surface area contributed by atoms with E-state index >= 15 is 0 Å². The van der Waals surface area contributed by atoms with Crippen LogP contribution >= 0.6 is 0 Å². The molecule has 0 fully saturated rings. The average molecular weight is 341 g/mol. The highest BCUT2D eigenvalue weighted by Gasteiger charge is 2.29. The normalized spacial score (nSPS) is 13.5. The maximum Gasteiger partial charge on any atom is 0.0873 e. The van der Waals surface area contributed by atoms with Gasteiger partial charge < -0.3 is 9.47 Å². The molecule has 0 saturated heterocycles. The van der Waals surface area contributed by atoms with Crippen molar-refractivity contribution in [2.24, 2.45) is 5.92 Å². The van der Waals surface area contributed by atoms with Crippen LogP contribution in [0.3, 0.4) is 0 Å². The third-order valence-electron chi connectivity index (χ3n) is 4.81. The van der Waals surface area contributed by atoms with Gasteiger partial charge in [0.25, 0.3) is 0 Å². The third-order valence-corrected chi connectivity index (χ3v) is 4.81. The second-order valence-corrected chi connectivity index (χ2v) is 7.50. The first-order valence-corrected chi connectivity index (χ1v) is 10.5. The molecule has 0 aliphatic heterocycles. The van der Waals surface area contributed by atoms with Crippen molar-refractivity contribution in [3.8, 4) is 0 Å². The van der Waals surface area contributed by atoms with Crippen LogP contribution in [0.25, 0.3) is 0 Å². The molecule has 0 spiro atoms. The van der Waals surface area contributed by atoms with Gasteiger partial charge in [-0.05, 0) is 51.9 Å². The topological polar surface area (TPSA) is 18.5 Å². The molecule has 0 aliphatic carbocycles. The largest absolute Gasteiger partial charge is 0.502 e. The van der Waals surface area contributed by atoms with Gasteiger partial charge in [-0.3, -0.25) is 0 Å². The average Bonchev–Trinajstić information content (AvgIpc) is 2.57. The highest BCUT2D eigenvalue weighted by Crippen LogP contribution is 2.31. The first kappa shape index (κ1) is 23.5. The molecule has 2 heteroatoms. The van der Waals surface area contributed by atoms with Crippen LogP contribution in [0.15, 0.2) is 12.3 Å². The molecular formula is C22H44O2. The maximum absolute atomic E-state index is 6.18. The van der Waals surface area contributed by atoms with Gasteiger partial charge >= 0.3 is 0 Å². The zero-order chi connectivity index (χ0) is 18.1. The van der Waals surface area contributed by atoms with E-state index in [4.69, 9.17) is 9.47 Å². The van der Waals surface area contributed by atoms with Crippen LogP contribution in [0, 0.1) is 5.92 Å². The first-order chi connectivity index (χ1) is 11.6. The molecule has 24 heavy (non-hydrogen) atoms. The number of rotatable bonds is 17. The summed E-state index contributed by atoms with van der Waals surface area (Å²) in [4.78, 5) is 0. The molecule has 2 nitrogen and oxygen atoms in total. The van der Waals surface area contributed by atoms with Gasteiger partial charge in [-0.1, -0.05) is 65.4 Å². The molecule has 0 saturated carbocycles. The second kappa shape index (κ2) is 16.0. The van der Waals surface area contributed by atoms with E-state index in [2.05, 4.69) is 40.7 Å². The van der Waals surface area contributed by atoms with Gasteiger partial charge in [-0.2, -0.15) is 0 Å². The van der Waals surface area contributed by atoms with E-state index in [1.165, 1.54) is 51.4 Å². The molecule has 0 bridgehead atoms. The van der Waals surface area contributed by atoms with Crippen LogP contribution in [0.1, 0.15) is 105 Å². The Bertz CT molecular complexity index is 284. The molecule has 1 unspecified atom stereocenters. The molecule has 0 aromatic rings. The molecule has 0 aromatic carbocycles. The van der Waals surface area contributed by atoms with Gasteiger partial charge in [0.2, 0.25) is 0 Å². The van der Waals surface area contributed by atoms with Crippen molar-refractivity contribution < 1.29 is 9.47 Å². The van der Waals surface area contributed by atoms with E-state index in [0.29, 0.717) is 5.92 Å². The molecule has 0 N–H and O–H groups in total. The van der Waals surface area contributed by atoms with Crippen molar-refractivity contribution in [1.29, 1.82) is 0 Å². The Balaban J connectivity index is 4.20. The lowest BCUT2D eigenvalue weighted by molar-refractivity contribution is -0.0666. The first-order valence-electron chi connectivity index (χ1n) is 10.5. The molecular weight excluding hydrogens is 296 g/mol. The summed E-state index contributed by atoms with van der Waals surface area (Å²) in [7, 11) is 0. The van der Waals surface area contributed by atoms with E-state index in [1.54, 1.807) is 0 Å². The molecule has 1 atom stereocenters. The van der Waals surface area contributed by atoms with Crippen molar-refractivity contribution >= 4 is 0 Å². The van der Waals surface area contributed by atoms with Crippen LogP contribution in [0.4, 0.5) is 0 Å². The zero-order valence-corrected chi connectivity index (χ0v) is 17.2. The van der Waals surface area contributed by atoms with Crippen LogP contribution in [0.5, 0.6) is 0 Å². The fourth-order valence-corrected chi connectivity index (χ4v) is 3.14. The summed E-state index contributed by atoms with van der Waals surface area (Å²) in [6, 6.07) is 0. The molecule has 144 valence electrons. The Morgan fingerprint density at radius 2 is 1.46 bits per heavy atom. The second-order valence-electron chi connectivity index (χ2n) is 7.50. The minimum atomic E-state index is -0.0152. The molecule has 0 amide bonds. The Morgan fingerprint density at radius 1 is 0.792 bits per heavy atom. The number of unbranched alkanes of at least 4 members (excludes halogenated alkanes) is 5. The Labute approximate surface area is 152 Å². The van der Waals surface area contributed by atoms with Crippen molar-refractivity contribution in [2.75, 3.05) is 13.2 Å². The Morgan fingerprint density at radius 3 is 2.12 bits per heavy atom. The summed E-state index contributed by atoms with van der Waals surface area (Å²) < 4.78 is 11.7. The fourth-order valence-electron chi connectivity index (χ4n) is 3.14. The SMILES string of the molecule is CCC=COCCCC(CCCCCCCC)C(C)(C)OCCC. The summed E-state index contributed by atoms with van der Waals surface area (Å²) in [5.74, 6) is 0.633. The molecule has 0 heterocycles. The molecule has 0 rings (SSSR count). The predicted molar refractivity (Wildman–Crippen MR) is 106 cm³/mol. The smallest absolute Gasteiger partial charge is 0.0873 e. The van der Waals surface area contributed by atoms with Crippen molar-refractivity contribution in [3.05, 3.63) is 12.3 Å². The van der Waals surface area contributed by atoms with Gasteiger partial charge in [0.15, 0.2) is 0 Å². The Hall–Kier alpha value is -0.500. The van der Waals surface area contributed by atoms with E-state index < -0.39 is 0 Å². The van der Waals surface area contributed by atoms with Crippen LogP contribution in [-0.2, 0) is 9.47 Å². The lowest BCUT2D eigenvalue weighted by atomic mass is 9.82. The highest BCUT2D eigenvalue weighted by atomic mass is 16.5. The maximum atomic E-state index is 6.18. The summed E-state index contributed by atoms with van der Waals surface area (Å²) in [6.45, 7) is 12.9. The van der Waals surface area contributed by atoms with Crippen LogP contribution < -0.4 is 0 Å². The van der Waals surface area contributed by atoms with E-state index in [1.807, 2.05) is 6.26 Å². The van der Waals surface area contributed by atoms with Crippen molar-refractivity contribution in [1.82, 2.24) is 0 Å². The van der Waals surface area contributed by atoms with Gasteiger partial charge in [-0.25, -0.2) is 0 Å². The Kier molecular flexibility index (Phi) is 15.7. The van der Waals surface area contributed by atoms with Gasteiger partial charge in [0, 0.05) is 6.61 Å². The summed E-state index contributed by atoms with van der Waals surface area (Å²) in [5, 5.41) is 0. The lowest BCUT2D eigenvalue weighted by Crippen LogP contribution is -2.35. The number of allylic oxidation sites excluding steroid dienone is 1.